The van der Waals surface area contributed by atoms with Crippen LogP contribution in [0.25, 0.3) is 0 Å². The molecular formula is C9H12N4O4. The molecule has 1 aliphatic rings. The molecule has 0 spiro atoms. The molecule has 2 heterocycles. The van der Waals surface area contributed by atoms with Gasteiger partial charge in [-0.15, -0.1) is 0 Å². The molecule has 17 heavy (non-hydrogen) atoms. The molecule has 1 aliphatic heterocycles. The maximum Gasteiger partial charge on any atom is 0.307 e. The fourth-order valence-electron chi connectivity index (χ4n) is 1.72. The summed E-state index contributed by atoms with van der Waals surface area (Å²) in [6, 6.07) is 0. The van der Waals surface area contributed by atoms with Crippen molar-refractivity contribution in [3.8, 4) is 0 Å². The van der Waals surface area contributed by atoms with E-state index < -0.39 is 10.5 Å². The number of carbonyl (C=O) groups is 1. The van der Waals surface area contributed by atoms with Gasteiger partial charge < -0.3 is 10.0 Å². The average Bonchev–Trinajstić information content (AvgIpc) is 2.62. The fourth-order valence-corrected chi connectivity index (χ4v) is 1.72. The first kappa shape index (κ1) is 11.5. The number of rotatable bonds is 3. The third-order valence-corrected chi connectivity index (χ3v) is 2.54. The number of amides is 1. The Morgan fingerprint density at radius 2 is 2.35 bits per heavy atom. The van der Waals surface area contributed by atoms with Gasteiger partial charge in [0.2, 0.25) is 5.91 Å². The van der Waals surface area contributed by atoms with Crippen LogP contribution in [0.5, 0.6) is 0 Å². The van der Waals surface area contributed by atoms with E-state index in [1.54, 1.807) is 6.92 Å². The lowest BCUT2D eigenvalue weighted by molar-refractivity contribution is -0.385. The Balaban J connectivity index is 1.93. The van der Waals surface area contributed by atoms with E-state index >= 15 is 0 Å². The van der Waals surface area contributed by atoms with E-state index in [2.05, 4.69) is 5.10 Å². The number of aliphatic hydroxyl groups is 1. The minimum atomic E-state index is -0.814. The number of nitrogens with zero attached hydrogens (tertiary/aromatic N) is 4. The molecule has 8 nitrogen and oxygen atoms in total. The molecule has 1 N–H and O–H groups in total. The molecule has 1 saturated heterocycles. The number of hydrogen-bond donors (Lipinski definition) is 1. The topological polar surface area (TPSA) is 102 Å². The predicted molar refractivity (Wildman–Crippen MR) is 56.1 cm³/mol. The lowest BCUT2D eigenvalue weighted by Gasteiger charge is -2.44. The van der Waals surface area contributed by atoms with Crippen molar-refractivity contribution in [2.75, 3.05) is 13.1 Å². The Hall–Kier alpha value is -1.96. The van der Waals surface area contributed by atoms with Gasteiger partial charge in [0.25, 0.3) is 0 Å². The van der Waals surface area contributed by atoms with Gasteiger partial charge >= 0.3 is 5.69 Å². The van der Waals surface area contributed by atoms with E-state index in [1.165, 1.54) is 15.8 Å². The highest BCUT2D eigenvalue weighted by atomic mass is 16.6. The Bertz CT molecular complexity index is 459. The van der Waals surface area contributed by atoms with Gasteiger partial charge in [-0.1, -0.05) is 0 Å². The van der Waals surface area contributed by atoms with Crippen molar-refractivity contribution in [3.63, 3.8) is 0 Å². The van der Waals surface area contributed by atoms with Crippen LogP contribution in [0.2, 0.25) is 0 Å². The summed E-state index contributed by atoms with van der Waals surface area (Å²) in [7, 11) is 0. The summed E-state index contributed by atoms with van der Waals surface area (Å²) in [5.74, 6) is -0.213. The number of likely N-dealkylation sites (tertiary alicyclic amines) is 1. The van der Waals surface area contributed by atoms with Crippen molar-refractivity contribution >= 4 is 11.6 Å². The minimum absolute atomic E-state index is 0.0517. The standard InChI is InChI=1S/C9H12N4O4/c1-9(15)5-11(6-9)8(14)4-12-3-7(2-10-12)13(16)17/h2-3,15H,4-6H2,1H3. The summed E-state index contributed by atoms with van der Waals surface area (Å²) in [5.41, 5.74) is -0.959. The largest absolute Gasteiger partial charge is 0.386 e. The van der Waals surface area contributed by atoms with Crippen molar-refractivity contribution in [2.45, 2.75) is 19.1 Å². The molecule has 0 aliphatic carbocycles. The van der Waals surface area contributed by atoms with Gasteiger partial charge in [-0.05, 0) is 6.92 Å². The molecule has 92 valence electrons. The second kappa shape index (κ2) is 3.81. The molecule has 0 radical (unpaired) electrons. The molecule has 2 rings (SSSR count). The average molecular weight is 240 g/mol. The summed E-state index contributed by atoms with van der Waals surface area (Å²) < 4.78 is 1.22. The summed E-state index contributed by atoms with van der Waals surface area (Å²) in [6.07, 6.45) is 2.30. The number of hydrogen-bond acceptors (Lipinski definition) is 5. The lowest BCUT2D eigenvalue weighted by Crippen LogP contribution is -2.62. The van der Waals surface area contributed by atoms with E-state index in [4.69, 9.17) is 0 Å². The summed E-state index contributed by atoms with van der Waals surface area (Å²) in [6.45, 7) is 2.17. The first-order valence-electron chi connectivity index (χ1n) is 5.04. The van der Waals surface area contributed by atoms with Gasteiger partial charge in [0.15, 0.2) is 0 Å². The Morgan fingerprint density at radius 3 is 2.82 bits per heavy atom. The van der Waals surface area contributed by atoms with Crippen LogP contribution >= 0.6 is 0 Å². The third kappa shape index (κ3) is 2.41. The van der Waals surface area contributed by atoms with Gasteiger partial charge in [-0.25, -0.2) is 0 Å². The first-order valence-corrected chi connectivity index (χ1v) is 5.04. The summed E-state index contributed by atoms with van der Waals surface area (Å²) in [5, 5.41) is 23.6. The monoisotopic (exact) mass is 240 g/mol. The van der Waals surface area contributed by atoms with Gasteiger partial charge in [0.1, 0.15) is 18.9 Å². The fraction of sp³-hybridized carbons (Fsp3) is 0.556. The molecule has 1 aromatic rings. The van der Waals surface area contributed by atoms with Gasteiger partial charge in [0.05, 0.1) is 23.6 Å². The van der Waals surface area contributed by atoms with Gasteiger partial charge in [-0.2, -0.15) is 5.10 Å². The SMILES string of the molecule is CC1(O)CN(C(=O)Cn2cc([N+](=O)[O-])cn2)C1. The first-order chi connectivity index (χ1) is 7.87. The molecule has 0 saturated carbocycles. The van der Waals surface area contributed by atoms with Crippen LogP contribution in [-0.4, -0.2) is 49.3 Å². The molecule has 8 heteroatoms. The smallest absolute Gasteiger partial charge is 0.307 e. The quantitative estimate of drug-likeness (QED) is 0.560. The molecule has 0 unspecified atom stereocenters. The van der Waals surface area contributed by atoms with Crippen LogP contribution in [0, 0.1) is 10.1 Å². The van der Waals surface area contributed by atoms with E-state index in [0.717, 1.165) is 6.20 Å². The Kier molecular flexibility index (Phi) is 2.58. The minimum Gasteiger partial charge on any atom is -0.386 e. The molecule has 0 bridgehead atoms. The number of nitro groups is 1. The van der Waals surface area contributed by atoms with E-state index in [9.17, 15) is 20.0 Å². The predicted octanol–water partition coefficient (Wildman–Crippen LogP) is -0.616. The number of aromatic nitrogens is 2. The van der Waals surface area contributed by atoms with Crippen molar-refractivity contribution in [1.82, 2.24) is 14.7 Å². The van der Waals surface area contributed by atoms with Crippen molar-refractivity contribution in [1.29, 1.82) is 0 Å². The number of carbonyl (C=O) groups excluding carboxylic acids is 1. The van der Waals surface area contributed by atoms with Crippen LogP contribution in [-0.2, 0) is 11.3 Å². The molecular weight excluding hydrogens is 228 g/mol. The Labute approximate surface area is 96.6 Å². The zero-order valence-electron chi connectivity index (χ0n) is 9.24. The summed E-state index contributed by atoms with van der Waals surface area (Å²) in [4.78, 5) is 23.0. The van der Waals surface area contributed by atoms with Crippen molar-refractivity contribution in [2.24, 2.45) is 0 Å². The van der Waals surface area contributed by atoms with Crippen LogP contribution in [0.1, 0.15) is 6.92 Å². The molecule has 0 atom stereocenters. The van der Waals surface area contributed by atoms with Crippen LogP contribution in [0.4, 0.5) is 5.69 Å². The lowest BCUT2D eigenvalue weighted by atomic mass is 9.97. The zero-order valence-corrected chi connectivity index (χ0v) is 9.24. The van der Waals surface area contributed by atoms with Crippen LogP contribution in [0.3, 0.4) is 0 Å². The maximum absolute atomic E-state index is 11.6. The second-order valence-corrected chi connectivity index (χ2v) is 4.40. The maximum atomic E-state index is 11.6. The van der Waals surface area contributed by atoms with E-state index in [1.807, 2.05) is 0 Å². The number of β-amino-alcohol motifs (C(OH)–C–C–N with tert-alkyl or cyclic N) is 1. The van der Waals surface area contributed by atoms with Crippen LogP contribution < -0.4 is 0 Å². The normalized spacial score (nSPS) is 17.6. The van der Waals surface area contributed by atoms with Crippen molar-refractivity contribution < 1.29 is 14.8 Å². The van der Waals surface area contributed by atoms with Crippen LogP contribution in [0.15, 0.2) is 12.4 Å². The zero-order chi connectivity index (χ0) is 12.6. The van der Waals surface area contributed by atoms with Gasteiger partial charge in [0, 0.05) is 0 Å². The van der Waals surface area contributed by atoms with E-state index in [0.29, 0.717) is 0 Å². The van der Waals surface area contributed by atoms with E-state index in [-0.39, 0.29) is 31.2 Å². The third-order valence-electron chi connectivity index (χ3n) is 2.54. The molecule has 1 amide bonds. The summed E-state index contributed by atoms with van der Waals surface area (Å²) >= 11 is 0. The molecule has 0 aromatic carbocycles. The highest BCUT2D eigenvalue weighted by molar-refractivity contribution is 5.77. The van der Waals surface area contributed by atoms with Crippen molar-refractivity contribution in [3.05, 3.63) is 22.5 Å². The Morgan fingerprint density at radius 1 is 1.71 bits per heavy atom. The molecule has 1 fully saturated rings. The highest BCUT2D eigenvalue weighted by Gasteiger charge is 2.39. The van der Waals surface area contributed by atoms with Gasteiger partial charge in [-0.3, -0.25) is 19.6 Å². The second-order valence-electron chi connectivity index (χ2n) is 4.40. The molecule has 1 aromatic heterocycles. The highest BCUT2D eigenvalue weighted by Crippen LogP contribution is 2.20.